The second kappa shape index (κ2) is 4.33. The number of nitrogens with one attached hydrogen (secondary N) is 1. The minimum atomic E-state index is -0.932. The number of amides is 1. The maximum absolute atomic E-state index is 11.8. The average Bonchev–Trinajstić information content (AvgIpc) is 3.10. The van der Waals surface area contributed by atoms with Gasteiger partial charge in [0.2, 0.25) is 5.91 Å². The Morgan fingerprint density at radius 3 is 2.50 bits per heavy atom. The molecule has 1 aromatic carbocycles. The summed E-state index contributed by atoms with van der Waals surface area (Å²) in [6, 6.07) is 3.42. The first-order chi connectivity index (χ1) is 8.41. The van der Waals surface area contributed by atoms with Crippen molar-refractivity contribution in [1.29, 1.82) is 0 Å². The van der Waals surface area contributed by atoms with Gasteiger partial charge in [-0.15, -0.1) is 0 Å². The number of aromatic hydroxyl groups is 1. The fourth-order valence-corrected chi connectivity index (χ4v) is 1.95. The first-order valence-electron chi connectivity index (χ1n) is 5.74. The van der Waals surface area contributed by atoms with Crippen molar-refractivity contribution in [3.63, 3.8) is 0 Å². The number of phenolic OH excluding ortho intramolecular Hbond substituents is 1. The van der Waals surface area contributed by atoms with Crippen LogP contribution in [0.5, 0.6) is 5.75 Å². The van der Waals surface area contributed by atoms with Crippen LogP contribution in [0.1, 0.15) is 17.5 Å². The summed E-state index contributed by atoms with van der Waals surface area (Å²) in [6.07, 6.45) is 0.387. The van der Waals surface area contributed by atoms with Crippen molar-refractivity contribution in [2.45, 2.75) is 20.3 Å². The number of carboxylic acids is 1. The van der Waals surface area contributed by atoms with E-state index in [9.17, 15) is 14.7 Å². The van der Waals surface area contributed by atoms with Gasteiger partial charge < -0.3 is 15.5 Å². The summed E-state index contributed by atoms with van der Waals surface area (Å²) in [7, 11) is 0. The Bertz CT molecular complexity index is 524. The Kier molecular flexibility index (Phi) is 2.98. The van der Waals surface area contributed by atoms with Crippen LogP contribution >= 0.6 is 0 Å². The molecule has 0 heterocycles. The minimum absolute atomic E-state index is 0.151. The summed E-state index contributed by atoms with van der Waals surface area (Å²) in [5.41, 5.74) is 1.86. The highest BCUT2D eigenvalue weighted by Gasteiger charge is 2.48. The lowest BCUT2D eigenvalue weighted by Gasteiger charge is -2.11. The van der Waals surface area contributed by atoms with Crippen LogP contribution in [0.3, 0.4) is 0 Å². The van der Waals surface area contributed by atoms with Crippen LogP contribution in [-0.2, 0) is 9.59 Å². The molecule has 96 valence electrons. The van der Waals surface area contributed by atoms with E-state index in [4.69, 9.17) is 5.11 Å². The molecule has 2 atom stereocenters. The first-order valence-corrected chi connectivity index (χ1v) is 5.74. The summed E-state index contributed by atoms with van der Waals surface area (Å²) in [6.45, 7) is 3.48. The molecule has 5 nitrogen and oxygen atoms in total. The van der Waals surface area contributed by atoms with Crippen LogP contribution < -0.4 is 5.32 Å². The number of benzene rings is 1. The number of carbonyl (C=O) groups is 2. The number of aliphatic carboxylic acids is 1. The van der Waals surface area contributed by atoms with Crippen molar-refractivity contribution in [2.75, 3.05) is 5.32 Å². The van der Waals surface area contributed by atoms with E-state index in [2.05, 4.69) is 5.32 Å². The van der Waals surface area contributed by atoms with Crippen LogP contribution in [0.25, 0.3) is 0 Å². The molecule has 0 bridgehead atoms. The van der Waals surface area contributed by atoms with Gasteiger partial charge in [-0.2, -0.15) is 0 Å². The number of anilines is 1. The van der Waals surface area contributed by atoms with E-state index < -0.39 is 17.8 Å². The van der Waals surface area contributed by atoms with E-state index in [1.54, 1.807) is 26.0 Å². The van der Waals surface area contributed by atoms with Crippen LogP contribution in [0.2, 0.25) is 0 Å². The number of aryl methyl sites for hydroxylation is 1. The standard InChI is InChI=1S/C13H15NO4/c1-6-3-4-10(7(2)11(6)15)14-12(16)8-5-9(8)13(17)18/h3-4,8-9,15H,5H2,1-2H3,(H,14,16)(H,17,18)/t8-,9+/m1/s1. The summed E-state index contributed by atoms with van der Waals surface area (Å²) < 4.78 is 0. The quantitative estimate of drug-likeness (QED) is 0.760. The van der Waals surface area contributed by atoms with Gasteiger partial charge in [-0.25, -0.2) is 0 Å². The molecule has 5 heteroatoms. The zero-order valence-electron chi connectivity index (χ0n) is 10.2. The number of hydrogen-bond acceptors (Lipinski definition) is 3. The zero-order chi connectivity index (χ0) is 13.4. The van der Waals surface area contributed by atoms with Gasteiger partial charge in [0.05, 0.1) is 11.8 Å². The molecule has 18 heavy (non-hydrogen) atoms. The van der Waals surface area contributed by atoms with Crippen molar-refractivity contribution in [1.82, 2.24) is 0 Å². The molecule has 0 unspecified atom stereocenters. The Morgan fingerprint density at radius 2 is 1.94 bits per heavy atom. The lowest BCUT2D eigenvalue weighted by Crippen LogP contribution is -2.17. The Balaban J connectivity index is 2.09. The number of carbonyl (C=O) groups excluding carboxylic acids is 1. The summed E-state index contributed by atoms with van der Waals surface area (Å²) in [5.74, 6) is -2.10. The Labute approximate surface area is 104 Å². The molecule has 0 saturated heterocycles. The number of hydrogen-bond donors (Lipinski definition) is 3. The van der Waals surface area contributed by atoms with Gasteiger partial charge in [0.25, 0.3) is 0 Å². The van der Waals surface area contributed by atoms with Crippen LogP contribution in [0, 0.1) is 25.7 Å². The fraction of sp³-hybridized carbons (Fsp3) is 0.385. The molecular weight excluding hydrogens is 234 g/mol. The third-order valence-electron chi connectivity index (χ3n) is 3.34. The van der Waals surface area contributed by atoms with Gasteiger partial charge in [-0.3, -0.25) is 9.59 Å². The van der Waals surface area contributed by atoms with E-state index >= 15 is 0 Å². The predicted molar refractivity (Wildman–Crippen MR) is 65.4 cm³/mol. The fourth-order valence-electron chi connectivity index (χ4n) is 1.95. The maximum Gasteiger partial charge on any atom is 0.307 e. The first kappa shape index (κ1) is 12.4. The topological polar surface area (TPSA) is 86.6 Å². The van der Waals surface area contributed by atoms with Crippen molar-refractivity contribution < 1.29 is 19.8 Å². The summed E-state index contributed by atoms with van der Waals surface area (Å²) >= 11 is 0. The van der Waals surface area contributed by atoms with Gasteiger partial charge in [-0.1, -0.05) is 6.07 Å². The molecule has 1 fully saturated rings. The second-order valence-corrected chi connectivity index (χ2v) is 4.68. The molecule has 1 aliphatic rings. The lowest BCUT2D eigenvalue weighted by atomic mass is 10.1. The normalized spacial score (nSPS) is 21.4. The van der Waals surface area contributed by atoms with Gasteiger partial charge in [0.15, 0.2) is 0 Å². The maximum atomic E-state index is 11.8. The summed E-state index contributed by atoms with van der Waals surface area (Å²) in [5, 5.41) is 21.2. The number of phenols is 1. The van der Waals surface area contributed by atoms with E-state index in [1.807, 2.05) is 0 Å². The molecule has 2 rings (SSSR count). The molecule has 0 aliphatic heterocycles. The van der Waals surface area contributed by atoms with Crippen molar-refractivity contribution in [2.24, 2.45) is 11.8 Å². The van der Waals surface area contributed by atoms with Gasteiger partial charge >= 0.3 is 5.97 Å². The molecule has 3 N–H and O–H groups in total. The van der Waals surface area contributed by atoms with Crippen molar-refractivity contribution in [3.05, 3.63) is 23.3 Å². The third kappa shape index (κ3) is 2.16. The SMILES string of the molecule is Cc1ccc(NC(=O)[C@@H]2C[C@@H]2C(=O)O)c(C)c1O. The molecule has 1 aliphatic carbocycles. The molecule has 0 spiro atoms. The smallest absolute Gasteiger partial charge is 0.307 e. The van der Waals surface area contributed by atoms with Crippen molar-refractivity contribution in [3.8, 4) is 5.75 Å². The highest BCUT2D eigenvalue weighted by atomic mass is 16.4. The Morgan fingerprint density at radius 1 is 1.28 bits per heavy atom. The van der Waals surface area contributed by atoms with Crippen LogP contribution in [0.4, 0.5) is 5.69 Å². The van der Waals surface area contributed by atoms with Crippen molar-refractivity contribution >= 4 is 17.6 Å². The molecule has 0 radical (unpaired) electrons. The summed E-state index contributed by atoms with van der Waals surface area (Å²) in [4.78, 5) is 22.5. The lowest BCUT2D eigenvalue weighted by molar-refractivity contribution is -0.139. The van der Waals surface area contributed by atoms with Gasteiger partial charge in [0.1, 0.15) is 5.75 Å². The van der Waals surface area contributed by atoms with E-state index in [-0.39, 0.29) is 11.7 Å². The molecule has 1 aromatic rings. The highest BCUT2D eigenvalue weighted by Crippen LogP contribution is 2.40. The third-order valence-corrected chi connectivity index (χ3v) is 3.34. The highest BCUT2D eigenvalue weighted by molar-refractivity contribution is 5.98. The number of rotatable bonds is 3. The monoisotopic (exact) mass is 249 g/mol. The zero-order valence-corrected chi connectivity index (χ0v) is 10.2. The Hall–Kier alpha value is -2.04. The van der Waals surface area contributed by atoms with Crippen LogP contribution in [0.15, 0.2) is 12.1 Å². The van der Waals surface area contributed by atoms with Crippen LogP contribution in [-0.4, -0.2) is 22.1 Å². The average molecular weight is 249 g/mol. The van der Waals surface area contributed by atoms with E-state index in [0.29, 0.717) is 17.7 Å². The van der Waals surface area contributed by atoms with Gasteiger partial charge in [0, 0.05) is 11.3 Å². The van der Waals surface area contributed by atoms with E-state index in [0.717, 1.165) is 5.56 Å². The molecule has 1 amide bonds. The molecule has 1 saturated carbocycles. The number of carboxylic acid groups (broad SMARTS) is 1. The second-order valence-electron chi connectivity index (χ2n) is 4.68. The molecule has 0 aromatic heterocycles. The molecular formula is C13H15NO4. The minimum Gasteiger partial charge on any atom is -0.507 e. The van der Waals surface area contributed by atoms with E-state index in [1.165, 1.54) is 0 Å². The largest absolute Gasteiger partial charge is 0.507 e. The van der Waals surface area contributed by atoms with Gasteiger partial charge in [-0.05, 0) is 31.9 Å². The predicted octanol–water partition coefficient (Wildman–Crippen LogP) is 1.67.